The molecule has 1 fully saturated rings. The number of alkyl halides is 3. The molecular weight excluding hydrogens is 357 g/mol. The molecule has 146 valence electrons. The van der Waals surface area contributed by atoms with Crippen molar-refractivity contribution in [3.63, 3.8) is 0 Å². The number of aliphatic hydroxyl groups excluding tert-OH is 1. The minimum atomic E-state index is -4.41. The minimum absolute atomic E-state index is 0.00999. The first kappa shape index (κ1) is 19.4. The lowest BCUT2D eigenvalue weighted by Gasteiger charge is -2.25. The summed E-state index contributed by atoms with van der Waals surface area (Å²) in [7, 11) is 0. The number of anilines is 3. The fourth-order valence-electron chi connectivity index (χ4n) is 3.30. The van der Waals surface area contributed by atoms with Crippen LogP contribution in [0.5, 0.6) is 0 Å². The molecule has 27 heavy (non-hydrogen) atoms. The first-order valence-electron chi connectivity index (χ1n) is 9.10. The zero-order chi connectivity index (χ0) is 19.4. The monoisotopic (exact) mass is 380 g/mol. The summed E-state index contributed by atoms with van der Waals surface area (Å²) in [5, 5.41) is 12.5. The number of nitrogens with one attached hydrogen (secondary N) is 1. The van der Waals surface area contributed by atoms with E-state index in [2.05, 4.69) is 15.3 Å². The number of rotatable bonds is 6. The minimum Gasteiger partial charge on any atom is -0.394 e. The Kier molecular flexibility index (Phi) is 5.84. The zero-order valence-electron chi connectivity index (χ0n) is 15.1. The first-order valence-corrected chi connectivity index (χ1v) is 9.10. The lowest BCUT2D eigenvalue weighted by Crippen LogP contribution is -2.33. The van der Waals surface area contributed by atoms with E-state index in [1.807, 2.05) is 17.9 Å². The third kappa shape index (κ3) is 4.68. The van der Waals surface area contributed by atoms with Crippen molar-refractivity contribution in [2.24, 2.45) is 0 Å². The molecule has 1 aliphatic heterocycles. The maximum Gasteiger partial charge on any atom is 0.416 e. The van der Waals surface area contributed by atoms with Crippen LogP contribution in [0.15, 0.2) is 30.3 Å². The predicted octanol–water partition coefficient (Wildman–Crippen LogP) is 4.15. The van der Waals surface area contributed by atoms with Gasteiger partial charge in [-0.25, -0.2) is 4.98 Å². The standard InChI is InChI=1S/C19H23F3N4O/c1-2-5-14-11-17(26-9-4-8-16(26)12-27)25-18(23-14)24-15-7-3-6-13(10-15)19(20,21)22/h3,6-7,10-11,16,27H,2,4-5,8-9,12H2,1H3,(H,23,24,25)/t16-/m0/s1. The van der Waals surface area contributed by atoms with Gasteiger partial charge in [0.15, 0.2) is 0 Å². The highest BCUT2D eigenvalue weighted by atomic mass is 19.4. The summed E-state index contributed by atoms with van der Waals surface area (Å²) in [4.78, 5) is 11.0. The Labute approximate surface area is 156 Å². The molecule has 0 amide bonds. The van der Waals surface area contributed by atoms with E-state index in [0.717, 1.165) is 50.1 Å². The molecular formula is C19H23F3N4O. The Bertz CT molecular complexity index is 782. The predicted molar refractivity (Wildman–Crippen MR) is 98.2 cm³/mol. The molecule has 1 aromatic heterocycles. The van der Waals surface area contributed by atoms with Crippen LogP contribution in [0.4, 0.5) is 30.6 Å². The van der Waals surface area contributed by atoms with Gasteiger partial charge in [0.05, 0.1) is 18.2 Å². The van der Waals surface area contributed by atoms with Crippen molar-refractivity contribution in [3.8, 4) is 0 Å². The molecule has 2 aromatic rings. The maximum absolute atomic E-state index is 12.9. The molecule has 0 bridgehead atoms. The Morgan fingerprint density at radius 1 is 1.26 bits per heavy atom. The van der Waals surface area contributed by atoms with Gasteiger partial charge in [-0.1, -0.05) is 19.4 Å². The van der Waals surface area contributed by atoms with Crippen LogP contribution in [0, 0.1) is 0 Å². The van der Waals surface area contributed by atoms with Gasteiger partial charge < -0.3 is 15.3 Å². The second kappa shape index (κ2) is 8.12. The number of hydrogen-bond acceptors (Lipinski definition) is 5. The van der Waals surface area contributed by atoms with Gasteiger partial charge in [-0.05, 0) is 37.5 Å². The van der Waals surface area contributed by atoms with Gasteiger partial charge in [-0.2, -0.15) is 18.2 Å². The number of aliphatic hydroxyl groups is 1. The van der Waals surface area contributed by atoms with Crippen molar-refractivity contribution < 1.29 is 18.3 Å². The van der Waals surface area contributed by atoms with Crippen LogP contribution in [0.2, 0.25) is 0 Å². The van der Waals surface area contributed by atoms with Crippen LogP contribution in [-0.4, -0.2) is 34.3 Å². The quantitative estimate of drug-likeness (QED) is 0.788. The van der Waals surface area contributed by atoms with Gasteiger partial charge in [0.2, 0.25) is 5.95 Å². The Morgan fingerprint density at radius 2 is 2.07 bits per heavy atom. The van der Waals surface area contributed by atoms with Crippen LogP contribution in [-0.2, 0) is 12.6 Å². The Balaban J connectivity index is 1.91. The van der Waals surface area contributed by atoms with E-state index in [1.54, 1.807) is 6.07 Å². The SMILES string of the molecule is CCCc1cc(N2CCC[C@H]2CO)nc(Nc2cccc(C(F)(F)F)c2)n1. The molecule has 1 aliphatic rings. The lowest BCUT2D eigenvalue weighted by molar-refractivity contribution is -0.137. The fraction of sp³-hybridized carbons (Fsp3) is 0.474. The number of benzene rings is 1. The average molecular weight is 380 g/mol. The number of aryl methyl sites for hydroxylation is 1. The third-order valence-corrected chi connectivity index (χ3v) is 4.60. The number of aromatic nitrogens is 2. The molecule has 0 aliphatic carbocycles. The van der Waals surface area contributed by atoms with Crippen molar-refractivity contribution in [1.82, 2.24) is 9.97 Å². The van der Waals surface area contributed by atoms with Gasteiger partial charge in [0.1, 0.15) is 5.82 Å². The van der Waals surface area contributed by atoms with E-state index in [9.17, 15) is 18.3 Å². The molecule has 5 nitrogen and oxygen atoms in total. The first-order chi connectivity index (χ1) is 12.9. The molecule has 8 heteroatoms. The topological polar surface area (TPSA) is 61.3 Å². The smallest absolute Gasteiger partial charge is 0.394 e. The van der Waals surface area contributed by atoms with Crippen LogP contribution in [0.1, 0.15) is 37.4 Å². The molecule has 1 atom stereocenters. The average Bonchev–Trinajstić information content (AvgIpc) is 3.10. The van der Waals surface area contributed by atoms with Gasteiger partial charge in [-0.3, -0.25) is 0 Å². The molecule has 3 rings (SSSR count). The van der Waals surface area contributed by atoms with Crippen molar-refractivity contribution in [1.29, 1.82) is 0 Å². The maximum atomic E-state index is 12.9. The Hall–Kier alpha value is -2.35. The van der Waals surface area contributed by atoms with Gasteiger partial charge in [-0.15, -0.1) is 0 Å². The van der Waals surface area contributed by atoms with E-state index in [-0.39, 0.29) is 24.3 Å². The summed E-state index contributed by atoms with van der Waals surface area (Å²) >= 11 is 0. The molecule has 1 saturated heterocycles. The molecule has 0 saturated carbocycles. The summed E-state index contributed by atoms with van der Waals surface area (Å²) in [6, 6.07) is 6.88. The molecule has 2 heterocycles. The van der Waals surface area contributed by atoms with Gasteiger partial charge >= 0.3 is 6.18 Å². The van der Waals surface area contributed by atoms with E-state index in [1.165, 1.54) is 6.07 Å². The van der Waals surface area contributed by atoms with E-state index in [0.29, 0.717) is 5.82 Å². The molecule has 0 spiro atoms. The van der Waals surface area contributed by atoms with Crippen LogP contribution in [0.3, 0.4) is 0 Å². The molecule has 2 N–H and O–H groups in total. The van der Waals surface area contributed by atoms with Crippen molar-refractivity contribution in [3.05, 3.63) is 41.6 Å². The highest BCUT2D eigenvalue weighted by molar-refractivity contribution is 5.57. The summed E-state index contributed by atoms with van der Waals surface area (Å²) in [5.41, 5.74) is 0.377. The van der Waals surface area contributed by atoms with Gasteiger partial charge in [0.25, 0.3) is 0 Å². The van der Waals surface area contributed by atoms with E-state index < -0.39 is 11.7 Å². The van der Waals surface area contributed by atoms with Crippen LogP contribution >= 0.6 is 0 Å². The normalized spacial score (nSPS) is 17.4. The molecule has 0 unspecified atom stereocenters. The highest BCUT2D eigenvalue weighted by Crippen LogP contribution is 2.31. The molecule has 0 radical (unpaired) electrons. The summed E-state index contributed by atoms with van der Waals surface area (Å²) < 4.78 is 38.8. The lowest BCUT2D eigenvalue weighted by atomic mass is 10.2. The highest BCUT2D eigenvalue weighted by Gasteiger charge is 2.30. The number of halogens is 3. The van der Waals surface area contributed by atoms with Crippen molar-refractivity contribution >= 4 is 17.5 Å². The second-order valence-corrected chi connectivity index (χ2v) is 6.67. The van der Waals surface area contributed by atoms with Crippen molar-refractivity contribution in [2.75, 3.05) is 23.4 Å². The van der Waals surface area contributed by atoms with Crippen LogP contribution < -0.4 is 10.2 Å². The fourth-order valence-corrected chi connectivity index (χ4v) is 3.30. The summed E-state index contributed by atoms with van der Waals surface area (Å²) in [6.45, 7) is 2.87. The molecule has 1 aromatic carbocycles. The third-order valence-electron chi connectivity index (χ3n) is 4.60. The summed E-state index contributed by atoms with van der Waals surface area (Å²) in [6.07, 6.45) is -0.917. The van der Waals surface area contributed by atoms with Crippen LogP contribution in [0.25, 0.3) is 0 Å². The second-order valence-electron chi connectivity index (χ2n) is 6.67. The number of hydrogen-bond donors (Lipinski definition) is 2. The van der Waals surface area contributed by atoms with E-state index >= 15 is 0 Å². The van der Waals surface area contributed by atoms with E-state index in [4.69, 9.17) is 0 Å². The van der Waals surface area contributed by atoms with Gasteiger partial charge in [0, 0.05) is 24.0 Å². The Morgan fingerprint density at radius 3 is 2.78 bits per heavy atom. The summed E-state index contributed by atoms with van der Waals surface area (Å²) in [5.74, 6) is 0.957. The zero-order valence-corrected chi connectivity index (χ0v) is 15.1. The number of nitrogens with zero attached hydrogens (tertiary/aromatic N) is 3. The largest absolute Gasteiger partial charge is 0.416 e. The van der Waals surface area contributed by atoms with Crippen molar-refractivity contribution in [2.45, 2.75) is 44.8 Å².